The molecule has 152 valence electrons. The van der Waals surface area contributed by atoms with E-state index in [0.717, 1.165) is 4.57 Å². The number of carbonyl (C=O) groups is 2. The molecule has 1 aromatic carbocycles. The van der Waals surface area contributed by atoms with Gasteiger partial charge in [0.05, 0.1) is 17.1 Å². The summed E-state index contributed by atoms with van der Waals surface area (Å²) in [5, 5.41) is 9.36. The summed E-state index contributed by atoms with van der Waals surface area (Å²) in [6.07, 6.45) is -4.89. The molecule has 28 heavy (non-hydrogen) atoms. The van der Waals surface area contributed by atoms with E-state index in [-0.39, 0.29) is 29.6 Å². The number of halogens is 3. The molecule has 1 aliphatic heterocycles. The van der Waals surface area contributed by atoms with E-state index in [2.05, 4.69) is 4.98 Å². The topological polar surface area (TPSA) is 84.7 Å². The van der Waals surface area contributed by atoms with Crippen LogP contribution in [0.15, 0.2) is 18.2 Å². The lowest BCUT2D eigenvalue weighted by Crippen LogP contribution is -2.40. The molecule has 1 fully saturated rings. The van der Waals surface area contributed by atoms with Crippen LogP contribution in [0.5, 0.6) is 0 Å². The maximum absolute atomic E-state index is 13.3. The number of benzene rings is 1. The number of rotatable bonds is 4. The van der Waals surface area contributed by atoms with Crippen LogP contribution in [0.2, 0.25) is 0 Å². The first-order chi connectivity index (χ1) is 13.0. The predicted octanol–water partition coefficient (Wildman–Crippen LogP) is 2.95. The molecule has 1 amide bonds. The Kier molecular flexibility index (Phi) is 5.09. The van der Waals surface area contributed by atoms with Crippen molar-refractivity contribution < 1.29 is 32.6 Å². The van der Waals surface area contributed by atoms with Crippen LogP contribution >= 0.6 is 0 Å². The van der Waals surface area contributed by atoms with Crippen LogP contribution in [0.3, 0.4) is 0 Å². The molecule has 2 atom stereocenters. The zero-order valence-corrected chi connectivity index (χ0v) is 15.5. The molecule has 10 heteroatoms. The third-order valence-corrected chi connectivity index (χ3v) is 4.85. The van der Waals surface area contributed by atoms with Gasteiger partial charge in [0.25, 0.3) is 5.91 Å². The predicted molar refractivity (Wildman–Crippen MR) is 93.0 cm³/mol. The molecule has 2 unspecified atom stereocenters. The van der Waals surface area contributed by atoms with Gasteiger partial charge in [-0.15, -0.1) is 0 Å². The Hall–Kier alpha value is -2.62. The molecular formula is C18H20F3N3O4. The minimum Gasteiger partial charge on any atom is -0.480 e. The SMILES string of the molecule is COC1CC(C(=O)O)N(C(=O)c2ccc3c(c2)nc(C(F)(F)F)n3C(C)C)C1. The number of aliphatic carboxylic acids is 1. The summed E-state index contributed by atoms with van der Waals surface area (Å²) in [7, 11) is 1.43. The standard InChI is InChI=1S/C18H20F3N3O4/c1-9(2)24-13-5-4-10(6-12(13)22-17(24)18(19,20)21)15(25)23-8-11(28-3)7-14(23)16(26)27/h4-6,9,11,14H,7-8H2,1-3H3,(H,26,27). The van der Waals surface area contributed by atoms with Crippen LogP contribution in [-0.2, 0) is 15.7 Å². The van der Waals surface area contributed by atoms with E-state index in [4.69, 9.17) is 4.74 Å². The van der Waals surface area contributed by atoms with Gasteiger partial charge in [0.2, 0.25) is 5.82 Å². The number of alkyl halides is 3. The monoisotopic (exact) mass is 399 g/mol. The third-order valence-electron chi connectivity index (χ3n) is 4.85. The third kappa shape index (κ3) is 3.44. The molecule has 2 heterocycles. The van der Waals surface area contributed by atoms with Gasteiger partial charge in [-0.05, 0) is 32.0 Å². The van der Waals surface area contributed by atoms with Crippen LogP contribution in [0.4, 0.5) is 13.2 Å². The van der Waals surface area contributed by atoms with Gasteiger partial charge in [0, 0.05) is 31.7 Å². The zero-order valence-electron chi connectivity index (χ0n) is 15.5. The number of ether oxygens (including phenoxy) is 1. The van der Waals surface area contributed by atoms with Crippen molar-refractivity contribution in [2.45, 2.75) is 44.6 Å². The van der Waals surface area contributed by atoms with E-state index < -0.39 is 42.1 Å². The van der Waals surface area contributed by atoms with Crippen LogP contribution < -0.4 is 0 Å². The van der Waals surface area contributed by atoms with E-state index >= 15 is 0 Å². The van der Waals surface area contributed by atoms with Gasteiger partial charge in [-0.25, -0.2) is 9.78 Å². The first kappa shape index (κ1) is 20.1. The Balaban J connectivity index is 2.03. The molecular weight excluding hydrogens is 379 g/mol. The van der Waals surface area contributed by atoms with E-state index in [1.54, 1.807) is 13.8 Å². The van der Waals surface area contributed by atoms with Crippen molar-refractivity contribution in [1.29, 1.82) is 0 Å². The summed E-state index contributed by atoms with van der Waals surface area (Å²) < 4.78 is 46.2. The highest BCUT2D eigenvalue weighted by Crippen LogP contribution is 2.34. The molecule has 1 aliphatic rings. The van der Waals surface area contributed by atoms with Crippen LogP contribution in [0, 0.1) is 0 Å². The van der Waals surface area contributed by atoms with E-state index in [9.17, 15) is 27.9 Å². The molecule has 1 N–H and O–H groups in total. The minimum atomic E-state index is -4.64. The molecule has 2 aromatic rings. The number of imidazole rings is 1. The second kappa shape index (κ2) is 7.08. The average molecular weight is 399 g/mol. The fourth-order valence-electron chi connectivity index (χ4n) is 3.55. The maximum Gasteiger partial charge on any atom is 0.449 e. The molecule has 1 saturated heterocycles. The smallest absolute Gasteiger partial charge is 0.449 e. The van der Waals surface area contributed by atoms with Crippen LogP contribution in [-0.4, -0.2) is 57.2 Å². The fourth-order valence-corrected chi connectivity index (χ4v) is 3.55. The number of fused-ring (bicyclic) bond motifs is 1. The molecule has 7 nitrogen and oxygen atoms in total. The number of carboxylic acid groups (broad SMARTS) is 1. The number of hydrogen-bond acceptors (Lipinski definition) is 4. The van der Waals surface area contributed by atoms with Crippen molar-refractivity contribution >= 4 is 22.9 Å². The van der Waals surface area contributed by atoms with Crippen LogP contribution in [0.1, 0.15) is 42.5 Å². The highest BCUT2D eigenvalue weighted by atomic mass is 19.4. The normalized spacial score (nSPS) is 20.3. The summed E-state index contributed by atoms with van der Waals surface area (Å²) in [6.45, 7) is 3.32. The second-order valence-electron chi connectivity index (χ2n) is 7.01. The molecule has 0 spiro atoms. The van der Waals surface area contributed by atoms with Crippen molar-refractivity contribution in [2.75, 3.05) is 13.7 Å². The molecule has 0 aliphatic carbocycles. The van der Waals surface area contributed by atoms with Gasteiger partial charge in [0.15, 0.2) is 0 Å². The Morgan fingerprint density at radius 3 is 2.54 bits per heavy atom. The van der Waals surface area contributed by atoms with Gasteiger partial charge in [-0.3, -0.25) is 4.79 Å². The molecule has 0 radical (unpaired) electrons. The summed E-state index contributed by atoms with van der Waals surface area (Å²) >= 11 is 0. The Labute approximate surface area is 158 Å². The fraction of sp³-hybridized carbons (Fsp3) is 0.500. The number of likely N-dealkylation sites (tertiary alicyclic amines) is 1. The Bertz CT molecular complexity index is 923. The summed E-state index contributed by atoms with van der Waals surface area (Å²) in [5.41, 5.74) is 0.365. The van der Waals surface area contributed by atoms with Gasteiger partial charge < -0.3 is 19.3 Å². The highest BCUT2D eigenvalue weighted by Gasteiger charge is 2.41. The van der Waals surface area contributed by atoms with E-state index in [0.29, 0.717) is 0 Å². The molecule has 0 bridgehead atoms. The lowest BCUT2D eigenvalue weighted by Gasteiger charge is -2.21. The minimum absolute atomic E-state index is 0.0289. The van der Waals surface area contributed by atoms with Gasteiger partial charge in [-0.1, -0.05) is 0 Å². The largest absolute Gasteiger partial charge is 0.480 e. The lowest BCUT2D eigenvalue weighted by atomic mass is 10.1. The lowest BCUT2D eigenvalue weighted by molar-refractivity contribution is -0.147. The summed E-state index contributed by atoms with van der Waals surface area (Å²) in [4.78, 5) is 29.2. The number of hydrogen-bond donors (Lipinski definition) is 1. The van der Waals surface area contributed by atoms with Gasteiger partial charge in [-0.2, -0.15) is 13.2 Å². The second-order valence-corrected chi connectivity index (χ2v) is 7.01. The van der Waals surface area contributed by atoms with Gasteiger partial charge >= 0.3 is 12.1 Å². The quantitative estimate of drug-likeness (QED) is 0.855. The van der Waals surface area contributed by atoms with Crippen LogP contribution in [0.25, 0.3) is 11.0 Å². The van der Waals surface area contributed by atoms with E-state index in [1.165, 1.54) is 30.2 Å². The summed E-state index contributed by atoms with van der Waals surface area (Å²) in [5.74, 6) is -2.77. The average Bonchev–Trinajstić information content (AvgIpc) is 3.21. The number of carboxylic acids is 1. The zero-order chi connectivity index (χ0) is 20.8. The van der Waals surface area contributed by atoms with Crippen molar-refractivity contribution in [1.82, 2.24) is 14.5 Å². The van der Waals surface area contributed by atoms with Crippen molar-refractivity contribution in [3.8, 4) is 0 Å². The number of nitrogens with zero attached hydrogens (tertiary/aromatic N) is 3. The molecule has 3 rings (SSSR count). The first-order valence-corrected chi connectivity index (χ1v) is 8.70. The van der Waals surface area contributed by atoms with Gasteiger partial charge in [0.1, 0.15) is 6.04 Å². The van der Waals surface area contributed by atoms with E-state index in [1.807, 2.05) is 0 Å². The Morgan fingerprint density at radius 2 is 2.00 bits per heavy atom. The van der Waals surface area contributed by atoms with Crippen molar-refractivity contribution in [3.63, 3.8) is 0 Å². The first-order valence-electron chi connectivity index (χ1n) is 8.70. The summed E-state index contributed by atoms with van der Waals surface area (Å²) in [6, 6.07) is 2.53. The highest BCUT2D eigenvalue weighted by molar-refractivity contribution is 5.99. The molecule has 0 saturated carbocycles. The van der Waals surface area contributed by atoms with Crippen molar-refractivity contribution in [2.24, 2.45) is 0 Å². The number of aromatic nitrogens is 2. The molecule has 1 aromatic heterocycles. The number of methoxy groups -OCH3 is 1. The Morgan fingerprint density at radius 1 is 1.32 bits per heavy atom. The maximum atomic E-state index is 13.3. The number of carbonyl (C=O) groups excluding carboxylic acids is 1. The van der Waals surface area contributed by atoms with Crippen molar-refractivity contribution in [3.05, 3.63) is 29.6 Å². The number of amides is 1.